The third kappa shape index (κ3) is 1.65. The van der Waals surface area contributed by atoms with Crippen LogP contribution in [0.4, 0.5) is 0 Å². The minimum Gasteiger partial charge on any atom is -0.269 e. The summed E-state index contributed by atoms with van der Waals surface area (Å²) in [5, 5.41) is 13.7. The number of nitrogens with zero attached hydrogens (tertiary/aromatic N) is 3. The highest BCUT2D eigenvalue weighted by Gasteiger charge is 2.28. The maximum Gasteiger partial charge on any atom is 0.0958 e. The fraction of sp³-hybridized carbons (Fsp3) is 0.667. The number of hydrogen-bond donors (Lipinski definition) is 0. The second kappa shape index (κ2) is 3.37. The van der Waals surface area contributed by atoms with Gasteiger partial charge in [0.2, 0.25) is 0 Å². The SMILES string of the molecule is Cc1cn(C2CCC2)nc1C(C)(C)C#N. The largest absolute Gasteiger partial charge is 0.269 e. The van der Waals surface area contributed by atoms with Crippen LogP contribution in [0.15, 0.2) is 6.20 Å². The molecule has 0 aliphatic heterocycles. The van der Waals surface area contributed by atoms with E-state index in [0.717, 1.165) is 11.3 Å². The molecule has 0 radical (unpaired) electrons. The van der Waals surface area contributed by atoms with Crippen molar-refractivity contribution in [3.8, 4) is 6.07 Å². The molecule has 0 saturated heterocycles. The highest BCUT2D eigenvalue weighted by atomic mass is 15.3. The molecule has 0 atom stereocenters. The van der Waals surface area contributed by atoms with Crippen LogP contribution in [0.2, 0.25) is 0 Å². The van der Waals surface area contributed by atoms with E-state index >= 15 is 0 Å². The van der Waals surface area contributed by atoms with Crippen LogP contribution in [0.1, 0.15) is 50.4 Å². The molecule has 2 rings (SSSR count). The van der Waals surface area contributed by atoms with E-state index in [4.69, 9.17) is 5.26 Å². The minimum absolute atomic E-state index is 0.473. The first-order valence-electron chi connectivity index (χ1n) is 5.52. The van der Waals surface area contributed by atoms with Crippen molar-refractivity contribution in [2.24, 2.45) is 0 Å². The van der Waals surface area contributed by atoms with Crippen LogP contribution in [0.5, 0.6) is 0 Å². The molecule has 1 aromatic heterocycles. The topological polar surface area (TPSA) is 41.6 Å². The quantitative estimate of drug-likeness (QED) is 0.741. The first-order chi connectivity index (χ1) is 7.04. The second-order valence-corrected chi connectivity index (χ2v) is 4.96. The molecule has 1 saturated carbocycles. The summed E-state index contributed by atoms with van der Waals surface area (Å²) in [4.78, 5) is 0. The van der Waals surface area contributed by atoms with Gasteiger partial charge in [0.25, 0.3) is 0 Å². The van der Waals surface area contributed by atoms with Crippen molar-refractivity contribution in [3.63, 3.8) is 0 Å². The summed E-state index contributed by atoms with van der Waals surface area (Å²) in [6.45, 7) is 5.89. The van der Waals surface area contributed by atoms with Crippen molar-refractivity contribution in [2.75, 3.05) is 0 Å². The Bertz CT molecular complexity index is 405. The number of nitriles is 1. The van der Waals surface area contributed by atoms with E-state index in [-0.39, 0.29) is 0 Å². The smallest absolute Gasteiger partial charge is 0.0958 e. The Morgan fingerprint density at radius 1 is 1.53 bits per heavy atom. The zero-order chi connectivity index (χ0) is 11.1. The number of aromatic nitrogens is 2. The molecule has 0 N–H and O–H groups in total. The molecular weight excluding hydrogens is 186 g/mol. The van der Waals surface area contributed by atoms with E-state index in [1.165, 1.54) is 19.3 Å². The average Bonchev–Trinajstić information content (AvgIpc) is 2.45. The molecular formula is C12H17N3. The number of hydrogen-bond acceptors (Lipinski definition) is 2. The average molecular weight is 203 g/mol. The van der Waals surface area contributed by atoms with E-state index in [2.05, 4.69) is 17.4 Å². The van der Waals surface area contributed by atoms with Crippen molar-refractivity contribution in [1.82, 2.24) is 9.78 Å². The van der Waals surface area contributed by atoms with Gasteiger partial charge in [0.1, 0.15) is 0 Å². The summed E-state index contributed by atoms with van der Waals surface area (Å²) < 4.78 is 2.05. The van der Waals surface area contributed by atoms with Crippen LogP contribution >= 0.6 is 0 Å². The Hall–Kier alpha value is -1.30. The predicted molar refractivity (Wildman–Crippen MR) is 58.5 cm³/mol. The first-order valence-corrected chi connectivity index (χ1v) is 5.52. The molecule has 1 aromatic rings. The molecule has 3 nitrogen and oxygen atoms in total. The van der Waals surface area contributed by atoms with Crippen molar-refractivity contribution < 1.29 is 0 Å². The lowest BCUT2D eigenvalue weighted by Crippen LogP contribution is -2.20. The van der Waals surface area contributed by atoms with Crippen molar-refractivity contribution in [2.45, 2.75) is 51.5 Å². The summed E-state index contributed by atoms with van der Waals surface area (Å²) in [6.07, 6.45) is 5.85. The Labute approximate surface area is 90.7 Å². The summed E-state index contributed by atoms with van der Waals surface area (Å²) in [6, 6.07) is 2.89. The van der Waals surface area contributed by atoms with Gasteiger partial charge in [-0.2, -0.15) is 10.4 Å². The van der Waals surface area contributed by atoms with Gasteiger partial charge >= 0.3 is 0 Å². The van der Waals surface area contributed by atoms with E-state index in [0.29, 0.717) is 6.04 Å². The van der Waals surface area contributed by atoms with Crippen LogP contribution in [-0.4, -0.2) is 9.78 Å². The van der Waals surface area contributed by atoms with Crippen LogP contribution in [0, 0.1) is 18.3 Å². The summed E-state index contributed by atoms with van der Waals surface area (Å²) >= 11 is 0. The molecule has 0 bridgehead atoms. The van der Waals surface area contributed by atoms with Crippen molar-refractivity contribution in [3.05, 3.63) is 17.5 Å². The summed E-state index contributed by atoms with van der Waals surface area (Å²) in [5.41, 5.74) is 1.59. The van der Waals surface area contributed by atoms with Crippen molar-refractivity contribution >= 4 is 0 Å². The standard InChI is InChI=1S/C12H17N3/c1-9-7-15(10-5-4-6-10)14-11(9)12(2,3)8-13/h7,10H,4-6H2,1-3H3. The van der Waals surface area contributed by atoms with Gasteiger partial charge in [-0.1, -0.05) is 0 Å². The molecule has 0 aromatic carbocycles. The Morgan fingerprint density at radius 2 is 2.20 bits per heavy atom. The van der Waals surface area contributed by atoms with Gasteiger partial charge in [-0.3, -0.25) is 4.68 Å². The van der Waals surface area contributed by atoms with Gasteiger partial charge in [-0.05, 0) is 45.6 Å². The third-order valence-corrected chi connectivity index (χ3v) is 3.24. The molecule has 1 heterocycles. The lowest BCUT2D eigenvalue weighted by Gasteiger charge is -2.25. The highest BCUT2D eigenvalue weighted by molar-refractivity contribution is 5.29. The molecule has 3 heteroatoms. The maximum atomic E-state index is 9.09. The maximum absolute atomic E-state index is 9.09. The van der Waals surface area contributed by atoms with Crippen LogP contribution in [-0.2, 0) is 5.41 Å². The summed E-state index contributed by atoms with van der Waals surface area (Å²) in [7, 11) is 0. The molecule has 15 heavy (non-hydrogen) atoms. The fourth-order valence-corrected chi connectivity index (χ4v) is 1.99. The zero-order valence-electron chi connectivity index (χ0n) is 9.62. The minimum atomic E-state index is -0.473. The predicted octanol–water partition coefficient (Wildman–Crippen LogP) is 2.72. The van der Waals surface area contributed by atoms with Gasteiger partial charge in [0.05, 0.1) is 23.2 Å². The van der Waals surface area contributed by atoms with E-state index < -0.39 is 5.41 Å². The molecule has 0 amide bonds. The molecule has 0 spiro atoms. The number of aryl methyl sites for hydroxylation is 1. The van der Waals surface area contributed by atoms with E-state index in [9.17, 15) is 0 Å². The highest BCUT2D eigenvalue weighted by Crippen LogP contribution is 2.33. The normalized spacial score (nSPS) is 17.2. The molecule has 1 fully saturated rings. The van der Waals surface area contributed by atoms with Gasteiger partial charge in [0.15, 0.2) is 0 Å². The van der Waals surface area contributed by atoms with Gasteiger partial charge in [0, 0.05) is 6.20 Å². The van der Waals surface area contributed by atoms with Gasteiger partial charge in [-0.15, -0.1) is 0 Å². The third-order valence-electron chi connectivity index (χ3n) is 3.24. The van der Waals surface area contributed by atoms with Gasteiger partial charge in [-0.25, -0.2) is 0 Å². The van der Waals surface area contributed by atoms with Crippen LogP contribution in [0.25, 0.3) is 0 Å². The Kier molecular flexibility index (Phi) is 2.30. The lowest BCUT2D eigenvalue weighted by molar-refractivity contribution is 0.287. The Morgan fingerprint density at radius 3 is 2.67 bits per heavy atom. The summed E-state index contributed by atoms with van der Waals surface area (Å²) in [5.74, 6) is 0. The monoisotopic (exact) mass is 203 g/mol. The first kappa shape index (κ1) is 10.2. The Balaban J connectivity index is 2.33. The molecule has 1 aliphatic carbocycles. The molecule has 1 aliphatic rings. The van der Waals surface area contributed by atoms with E-state index in [1.54, 1.807) is 0 Å². The lowest BCUT2D eigenvalue weighted by atomic mass is 9.89. The van der Waals surface area contributed by atoms with E-state index in [1.807, 2.05) is 25.5 Å². The van der Waals surface area contributed by atoms with Crippen LogP contribution in [0.3, 0.4) is 0 Å². The van der Waals surface area contributed by atoms with Crippen molar-refractivity contribution in [1.29, 1.82) is 5.26 Å². The van der Waals surface area contributed by atoms with Crippen LogP contribution < -0.4 is 0 Å². The number of rotatable bonds is 2. The fourth-order valence-electron chi connectivity index (χ4n) is 1.99. The molecule has 80 valence electrons. The molecule has 0 unspecified atom stereocenters. The second-order valence-electron chi connectivity index (χ2n) is 4.96. The van der Waals surface area contributed by atoms with Gasteiger partial charge < -0.3 is 0 Å². The zero-order valence-corrected chi connectivity index (χ0v) is 9.62.